The molecule has 150 valence electrons. The van der Waals surface area contributed by atoms with Gasteiger partial charge in [-0.05, 0) is 43.0 Å². The second-order valence-corrected chi connectivity index (χ2v) is 7.39. The summed E-state index contributed by atoms with van der Waals surface area (Å²) in [6.45, 7) is 3.59. The van der Waals surface area contributed by atoms with Crippen LogP contribution in [0.15, 0.2) is 48.7 Å². The number of nitrogens with one attached hydrogen (secondary N) is 1. The largest absolute Gasteiger partial charge is 0.495 e. The number of amides is 2. The van der Waals surface area contributed by atoms with E-state index in [1.807, 2.05) is 35.2 Å². The lowest BCUT2D eigenvalue weighted by atomic mass is 10.00. The summed E-state index contributed by atoms with van der Waals surface area (Å²) >= 11 is 0. The molecule has 3 aromatic rings. The van der Waals surface area contributed by atoms with Crippen molar-refractivity contribution in [3.63, 3.8) is 0 Å². The second-order valence-electron chi connectivity index (χ2n) is 7.39. The molecule has 3 heterocycles. The third-order valence-corrected chi connectivity index (χ3v) is 5.25. The van der Waals surface area contributed by atoms with E-state index in [9.17, 15) is 9.59 Å². The molecule has 2 aromatic heterocycles. The van der Waals surface area contributed by atoms with E-state index < -0.39 is 5.91 Å². The highest BCUT2D eigenvalue weighted by atomic mass is 16.5. The highest BCUT2D eigenvalue weighted by Crippen LogP contribution is 2.25. The minimum absolute atomic E-state index is 0.128. The number of methoxy groups -OCH3 is 1. The van der Waals surface area contributed by atoms with Gasteiger partial charge in [0.25, 0.3) is 11.8 Å². The first-order chi connectivity index (χ1) is 14.1. The van der Waals surface area contributed by atoms with Crippen molar-refractivity contribution in [2.75, 3.05) is 25.5 Å². The van der Waals surface area contributed by atoms with E-state index in [2.05, 4.69) is 17.2 Å². The van der Waals surface area contributed by atoms with Crippen LogP contribution in [0.2, 0.25) is 0 Å². The van der Waals surface area contributed by atoms with Gasteiger partial charge >= 0.3 is 0 Å². The number of anilines is 1. The van der Waals surface area contributed by atoms with E-state index in [0.29, 0.717) is 35.1 Å². The molecule has 1 atom stereocenters. The molecule has 1 saturated heterocycles. The van der Waals surface area contributed by atoms with Gasteiger partial charge in [0.1, 0.15) is 5.75 Å². The van der Waals surface area contributed by atoms with Crippen LogP contribution in [0.1, 0.15) is 40.9 Å². The van der Waals surface area contributed by atoms with Crippen molar-refractivity contribution >= 4 is 23.0 Å². The lowest BCUT2D eigenvalue weighted by molar-refractivity contribution is 0.0679. The average Bonchev–Trinajstić information content (AvgIpc) is 3.13. The number of benzene rings is 1. The number of fused-ring (bicyclic) bond motifs is 1. The maximum Gasteiger partial charge on any atom is 0.292 e. The van der Waals surface area contributed by atoms with Crippen molar-refractivity contribution in [3.8, 4) is 5.75 Å². The van der Waals surface area contributed by atoms with Gasteiger partial charge in [0.15, 0.2) is 5.69 Å². The molecule has 1 N–H and O–H groups in total. The highest BCUT2D eigenvalue weighted by Gasteiger charge is 2.28. The van der Waals surface area contributed by atoms with Crippen molar-refractivity contribution in [2.45, 2.75) is 19.8 Å². The number of hydrogen-bond acceptors (Lipinski definition) is 4. The van der Waals surface area contributed by atoms with E-state index in [0.717, 1.165) is 19.4 Å². The smallest absolute Gasteiger partial charge is 0.292 e. The summed E-state index contributed by atoms with van der Waals surface area (Å²) in [4.78, 5) is 32.4. The monoisotopic (exact) mass is 392 g/mol. The number of carbonyl (C=O) groups is 2. The van der Waals surface area contributed by atoms with Crippen LogP contribution in [0.25, 0.3) is 5.52 Å². The average molecular weight is 392 g/mol. The maximum absolute atomic E-state index is 13.2. The maximum atomic E-state index is 13.2. The number of nitrogens with zero attached hydrogens (tertiary/aromatic N) is 3. The van der Waals surface area contributed by atoms with E-state index in [1.54, 1.807) is 29.8 Å². The quantitative estimate of drug-likeness (QED) is 0.738. The fourth-order valence-electron chi connectivity index (χ4n) is 3.81. The Labute approximate surface area is 169 Å². The van der Waals surface area contributed by atoms with Gasteiger partial charge in [-0.3, -0.25) is 14.0 Å². The highest BCUT2D eigenvalue weighted by molar-refractivity contribution is 6.06. The zero-order chi connectivity index (χ0) is 20.4. The topological polar surface area (TPSA) is 75.9 Å². The number of pyridine rings is 1. The Morgan fingerprint density at radius 1 is 1.17 bits per heavy atom. The van der Waals surface area contributed by atoms with E-state index in [4.69, 9.17) is 4.74 Å². The second kappa shape index (κ2) is 7.95. The Balaban J connectivity index is 1.69. The molecular weight excluding hydrogens is 368 g/mol. The number of piperidine rings is 1. The Morgan fingerprint density at radius 2 is 1.97 bits per heavy atom. The van der Waals surface area contributed by atoms with Gasteiger partial charge in [0, 0.05) is 19.3 Å². The standard InChI is InChI=1S/C22H24N4O3/c1-15-8-7-12-25(14-15)22(28)19-17-10-5-6-13-26(17)20(24-19)21(27)23-16-9-3-4-11-18(16)29-2/h3-6,9-11,13,15H,7-8,12,14H2,1-2H3,(H,23,27). The molecule has 7 heteroatoms. The number of likely N-dealkylation sites (tertiary alicyclic amines) is 1. The van der Waals surface area contributed by atoms with Crippen LogP contribution in [0.4, 0.5) is 5.69 Å². The van der Waals surface area contributed by atoms with Gasteiger partial charge in [-0.15, -0.1) is 0 Å². The molecule has 1 aromatic carbocycles. The minimum Gasteiger partial charge on any atom is -0.495 e. The van der Waals surface area contributed by atoms with Crippen LogP contribution in [0, 0.1) is 5.92 Å². The summed E-state index contributed by atoms with van der Waals surface area (Å²) in [5, 5.41) is 2.84. The molecule has 29 heavy (non-hydrogen) atoms. The van der Waals surface area contributed by atoms with Crippen molar-refractivity contribution < 1.29 is 14.3 Å². The van der Waals surface area contributed by atoms with Crippen molar-refractivity contribution in [1.29, 1.82) is 0 Å². The molecule has 0 radical (unpaired) electrons. The molecule has 0 aliphatic carbocycles. The Bertz CT molecular complexity index is 1060. The van der Waals surface area contributed by atoms with E-state index in [1.165, 1.54) is 0 Å². The van der Waals surface area contributed by atoms with Gasteiger partial charge in [-0.2, -0.15) is 0 Å². The van der Waals surface area contributed by atoms with Gasteiger partial charge in [-0.1, -0.05) is 25.1 Å². The molecule has 0 saturated carbocycles. The zero-order valence-corrected chi connectivity index (χ0v) is 16.6. The van der Waals surface area contributed by atoms with Crippen LogP contribution in [0.5, 0.6) is 5.75 Å². The first kappa shape index (κ1) is 19.0. The van der Waals surface area contributed by atoms with Crippen LogP contribution in [0.3, 0.4) is 0 Å². The third kappa shape index (κ3) is 3.68. The summed E-state index contributed by atoms with van der Waals surface area (Å²) in [5.41, 5.74) is 1.48. The van der Waals surface area contributed by atoms with Crippen LogP contribution < -0.4 is 10.1 Å². The Hall–Kier alpha value is -3.35. The molecule has 2 amide bonds. The van der Waals surface area contributed by atoms with Crippen LogP contribution in [-0.4, -0.2) is 46.3 Å². The molecular formula is C22H24N4O3. The van der Waals surface area contributed by atoms with Gasteiger partial charge in [-0.25, -0.2) is 4.98 Å². The third-order valence-electron chi connectivity index (χ3n) is 5.25. The summed E-state index contributed by atoms with van der Waals surface area (Å²) in [5.74, 6) is 0.661. The van der Waals surface area contributed by atoms with Crippen molar-refractivity contribution in [3.05, 3.63) is 60.2 Å². The molecule has 7 nitrogen and oxygen atoms in total. The normalized spacial score (nSPS) is 16.6. The predicted molar refractivity (Wildman–Crippen MR) is 110 cm³/mol. The summed E-state index contributed by atoms with van der Waals surface area (Å²) < 4.78 is 6.96. The van der Waals surface area contributed by atoms with Crippen molar-refractivity contribution in [1.82, 2.24) is 14.3 Å². The molecule has 4 rings (SSSR count). The molecule has 1 unspecified atom stereocenters. The summed E-state index contributed by atoms with van der Waals surface area (Å²) in [7, 11) is 1.55. The Kier molecular flexibility index (Phi) is 5.20. The van der Waals surface area contributed by atoms with Crippen LogP contribution >= 0.6 is 0 Å². The minimum atomic E-state index is -0.401. The predicted octanol–water partition coefficient (Wildman–Crippen LogP) is 3.47. The number of ether oxygens (including phenoxy) is 1. The fraction of sp³-hybridized carbons (Fsp3) is 0.318. The van der Waals surface area contributed by atoms with Gasteiger partial charge in [0.2, 0.25) is 5.82 Å². The molecule has 0 bridgehead atoms. The first-order valence-corrected chi connectivity index (χ1v) is 9.79. The number of para-hydroxylation sites is 2. The number of rotatable bonds is 4. The molecule has 1 fully saturated rings. The Morgan fingerprint density at radius 3 is 2.76 bits per heavy atom. The van der Waals surface area contributed by atoms with E-state index in [-0.39, 0.29) is 11.7 Å². The molecule has 0 spiro atoms. The number of carbonyl (C=O) groups excluding carboxylic acids is 2. The fourth-order valence-corrected chi connectivity index (χ4v) is 3.81. The number of imidazole rings is 1. The lowest BCUT2D eigenvalue weighted by Crippen LogP contribution is -2.39. The van der Waals surface area contributed by atoms with Gasteiger partial charge < -0.3 is 15.0 Å². The molecule has 1 aliphatic heterocycles. The number of aromatic nitrogens is 2. The lowest BCUT2D eigenvalue weighted by Gasteiger charge is -2.30. The summed E-state index contributed by atoms with van der Waals surface area (Å²) in [6.07, 6.45) is 3.86. The number of hydrogen-bond donors (Lipinski definition) is 1. The van der Waals surface area contributed by atoms with Gasteiger partial charge in [0.05, 0.1) is 18.3 Å². The first-order valence-electron chi connectivity index (χ1n) is 9.79. The van der Waals surface area contributed by atoms with Crippen molar-refractivity contribution in [2.24, 2.45) is 5.92 Å². The SMILES string of the molecule is COc1ccccc1NC(=O)c1nc(C(=O)N2CCCC(C)C2)c2ccccn12. The molecule has 1 aliphatic rings. The van der Waals surface area contributed by atoms with E-state index >= 15 is 0 Å². The zero-order valence-electron chi connectivity index (χ0n) is 16.6. The summed E-state index contributed by atoms with van der Waals surface area (Å²) in [6, 6.07) is 12.6. The van der Waals surface area contributed by atoms with Crippen LogP contribution in [-0.2, 0) is 0 Å².